The van der Waals surface area contributed by atoms with Crippen LogP contribution in [0, 0.1) is 0 Å². The zero-order valence-corrected chi connectivity index (χ0v) is 14.5. The van der Waals surface area contributed by atoms with Crippen molar-refractivity contribution in [2.45, 2.75) is 58.9 Å². The molecule has 0 fully saturated rings. The van der Waals surface area contributed by atoms with Crippen LogP contribution in [0.4, 0.5) is 0 Å². The molecule has 0 aliphatic rings. The first-order valence-electron chi connectivity index (χ1n) is 6.98. The van der Waals surface area contributed by atoms with Crippen molar-refractivity contribution in [1.29, 1.82) is 0 Å². The average Bonchev–Trinajstić information content (AvgIpc) is 2.76. The molecule has 0 aliphatic heterocycles. The van der Waals surface area contributed by atoms with E-state index >= 15 is 0 Å². The summed E-state index contributed by atoms with van der Waals surface area (Å²) in [6.45, 7) is 15.1. The van der Waals surface area contributed by atoms with Crippen molar-refractivity contribution >= 4 is 14.3 Å². The van der Waals surface area contributed by atoms with E-state index in [0.717, 1.165) is 5.69 Å². The molecule has 1 aromatic rings. The lowest BCUT2D eigenvalue weighted by atomic mass is 10.2. The largest absolute Gasteiger partial charge is 0.461 e. The van der Waals surface area contributed by atoms with Gasteiger partial charge in [-0.1, -0.05) is 20.8 Å². The number of hydrogen-bond donors (Lipinski definition) is 1. The number of nitrogens with zero attached hydrogens (tertiary/aromatic N) is 1. The lowest BCUT2D eigenvalue weighted by Gasteiger charge is -2.38. The van der Waals surface area contributed by atoms with Gasteiger partial charge in [0.2, 0.25) is 0 Å². The van der Waals surface area contributed by atoms with Crippen molar-refractivity contribution in [3.05, 3.63) is 17.5 Å². The van der Waals surface area contributed by atoms with Crippen molar-refractivity contribution in [1.82, 2.24) is 10.2 Å². The standard InChI is InChI=1S/C14H26N2O3Si/c1-8-18-13(17)12-9-11(15-16-12)10(2)19-20(6,7)14(3,4)5/h9-10H,8H2,1-7H3,(H,15,16)/t10-/m1/s1. The molecule has 0 aliphatic carbocycles. The molecule has 20 heavy (non-hydrogen) atoms. The maximum Gasteiger partial charge on any atom is 0.358 e. The van der Waals surface area contributed by atoms with Crippen LogP contribution in [0.15, 0.2) is 6.07 Å². The summed E-state index contributed by atoms with van der Waals surface area (Å²) in [7, 11) is -1.85. The first kappa shape index (κ1) is 16.9. The molecule has 0 bridgehead atoms. The van der Waals surface area contributed by atoms with Gasteiger partial charge < -0.3 is 9.16 Å². The van der Waals surface area contributed by atoms with Crippen LogP contribution in [0.1, 0.15) is 56.9 Å². The van der Waals surface area contributed by atoms with Gasteiger partial charge in [0.15, 0.2) is 14.0 Å². The van der Waals surface area contributed by atoms with E-state index in [2.05, 4.69) is 44.1 Å². The minimum absolute atomic E-state index is 0.119. The van der Waals surface area contributed by atoms with E-state index in [4.69, 9.17) is 9.16 Å². The van der Waals surface area contributed by atoms with Crippen LogP contribution < -0.4 is 0 Å². The minimum atomic E-state index is -1.85. The van der Waals surface area contributed by atoms with E-state index in [1.165, 1.54) is 0 Å². The molecular weight excluding hydrogens is 272 g/mol. The Morgan fingerprint density at radius 3 is 2.55 bits per heavy atom. The normalized spacial score (nSPS) is 14.2. The van der Waals surface area contributed by atoms with E-state index in [1.54, 1.807) is 13.0 Å². The molecular formula is C14H26N2O3Si. The van der Waals surface area contributed by atoms with Crippen LogP contribution in [-0.4, -0.2) is 31.1 Å². The number of ether oxygens (including phenoxy) is 1. The lowest BCUT2D eigenvalue weighted by molar-refractivity contribution is 0.0519. The first-order chi connectivity index (χ1) is 9.08. The Balaban J connectivity index is 2.79. The molecule has 0 radical (unpaired) electrons. The predicted molar refractivity (Wildman–Crippen MR) is 81.2 cm³/mol. The molecule has 6 heteroatoms. The number of carbonyl (C=O) groups is 1. The second kappa shape index (κ2) is 6.09. The number of carbonyl (C=O) groups excluding carboxylic acids is 1. The molecule has 1 heterocycles. The summed E-state index contributed by atoms with van der Waals surface area (Å²) < 4.78 is 11.2. The van der Waals surface area contributed by atoms with Gasteiger partial charge in [-0.3, -0.25) is 5.10 Å². The Kier molecular flexibility index (Phi) is 5.15. The highest BCUT2D eigenvalue weighted by Gasteiger charge is 2.38. The Morgan fingerprint density at radius 1 is 1.45 bits per heavy atom. The fourth-order valence-electron chi connectivity index (χ4n) is 1.54. The Labute approximate surface area is 122 Å². The van der Waals surface area contributed by atoms with Crippen molar-refractivity contribution in [2.75, 3.05) is 6.61 Å². The van der Waals surface area contributed by atoms with Crippen LogP contribution in [0.5, 0.6) is 0 Å². The zero-order valence-electron chi connectivity index (χ0n) is 13.5. The fraction of sp³-hybridized carbons (Fsp3) is 0.714. The van der Waals surface area contributed by atoms with Crippen LogP contribution in [0.2, 0.25) is 18.1 Å². The number of aromatic nitrogens is 2. The maximum atomic E-state index is 11.6. The van der Waals surface area contributed by atoms with E-state index in [9.17, 15) is 4.79 Å². The number of rotatable bonds is 5. The molecule has 0 amide bonds. The summed E-state index contributed by atoms with van der Waals surface area (Å²) in [6.07, 6.45) is -0.119. The Morgan fingerprint density at radius 2 is 2.05 bits per heavy atom. The molecule has 1 N–H and O–H groups in total. The van der Waals surface area contributed by atoms with Crippen molar-refractivity contribution < 1.29 is 14.0 Å². The van der Waals surface area contributed by atoms with Crippen molar-refractivity contribution in [3.8, 4) is 0 Å². The van der Waals surface area contributed by atoms with Crippen LogP contribution >= 0.6 is 0 Å². The summed E-state index contributed by atoms with van der Waals surface area (Å²) in [5.41, 5.74) is 1.10. The highest BCUT2D eigenvalue weighted by atomic mass is 28.4. The highest BCUT2D eigenvalue weighted by molar-refractivity contribution is 6.74. The lowest BCUT2D eigenvalue weighted by Crippen LogP contribution is -2.41. The quantitative estimate of drug-likeness (QED) is 0.665. The second-order valence-electron chi connectivity index (χ2n) is 6.45. The Hall–Kier alpha value is -1.14. The van der Waals surface area contributed by atoms with Crippen molar-refractivity contribution in [3.63, 3.8) is 0 Å². The van der Waals surface area contributed by atoms with Crippen LogP contribution in [0.25, 0.3) is 0 Å². The topological polar surface area (TPSA) is 64.2 Å². The number of nitrogens with one attached hydrogen (secondary N) is 1. The van der Waals surface area contributed by atoms with Gasteiger partial charge >= 0.3 is 5.97 Å². The molecule has 0 saturated carbocycles. The summed E-state index contributed by atoms with van der Waals surface area (Å²) in [5, 5.41) is 6.99. The minimum Gasteiger partial charge on any atom is -0.461 e. The van der Waals surface area contributed by atoms with Gasteiger partial charge in [0.05, 0.1) is 18.4 Å². The van der Waals surface area contributed by atoms with E-state index < -0.39 is 14.3 Å². The smallest absolute Gasteiger partial charge is 0.358 e. The van der Waals surface area contributed by atoms with Gasteiger partial charge in [0.25, 0.3) is 0 Å². The van der Waals surface area contributed by atoms with E-state index in [1.807, 2.05) is 6.92 Å². The monoisotopic (exact) mass is 298 g/mol. The molecule has 1 rings (SSSR count). The summed E-state index contributed by atoms with van der Waals surface area (Å²) in [6, 6.07) is 1.70. The van der Waals surface area contributed by atoms with Crippen molar-refractivity contribution in [2.24, 2.45) is 0 Å². The van der Waals surface area contributed by atoms with Crippen LogP contribution in [-0.2, 0) is 9.16 Å². The third kappa shape index (κ3) is 3.93. The predicted octanol–water partition coefficient (Wildman–Crippen LogP) is 3.67. The molecule has 0 spiro atoms. The third-order valence-electron chi connectivity index (χ3n) is 3.80. The molecule has 1 atom stereocenters. The van der Waals surface area contributed by atoms with Gasteiger partial charge in [-0.25, -0.2) is 4.79 Å². The Bertz CT molecular complexity index is 463. The highest BCUT2D eigenvalue weighted by Crippen LogP contribution is 2.39. The average molecular weight is 298 g/mol. The molecule has 1 aromatic heterocycles. The zero-order chi connectivity index (χ0) is 15.6. The summed E-state index contributed by atoms with van der Waals surface area (Å²) in [4.78, 5) is 11.6. The van der Waals surface area contributed by atoms with Gasteiger partial charge in [0, 0.05) is 0 Å². The summed E-state index contributed by atoms with van der Waals surface area (Å²) >= 11 is 0. The van der Waals surface area contributed by atoms with E-state index in [-0.39, 0.29) is 11.1 Å². The fourth-order valence-corrected chi connectivity index (χ4v) is 2.90. The maximum absolute atomic E-state index is 11.6. The van der Waals surface area contributed by atoms with Gasteiger partial charge in [-0.2, -0.15) is 5.10 Å². The molecule has 0 unspecified atom stereocenters. The molecule has 0 aromatic carbocycles. The SMILES string of the molecule is CCOC(=O)c1cc([C@@H](C)O[Si](C)(C)C(C)(C)C)[nH]n1. The molecule has 114 valence electrons. The number of hydrogen-bond acceptors (Lipinski definition) is 4. The number of aromatic amines is 1. The summed E-state index contributed by atoms with van der Waals surface area (Å²) in [5.74, 6) is -0.408. The van der Waals surface area contributed by atoms with Gasteiger partial charge in [-0.05, 0) is 38.0 Å². The third-order valence-corrected chi connectivity index (χ3v) is 8.35. The first-order valence-corrected chi connectivity index (χ1v) is 9.89. The molecule has 5 nitrogen and oxygen atoms in total. The van der Waals surface area contributed by atoms with Gasteiger partial charge in [0.1, 0.15) is 0 Å². The molecule has 0 saturated heterocycles. The van der Waals surface area contributed by atoms with Crippen LogP contribution in [0.3, 0.4) is 0 Å². The second-order valence-corrected chi connectivity index (χ2v) is 11.2. The number of H-pyrrole nitrogens is 1. The number of esters is 1. The van der Waals surface area contributed by atoms with Gasteiger partial charge in [-0.15, -0.1) is 0 Å². The van der Waals surface area contributed by atoms with E-state index in [0.29, 0.717) is 12.3 Å².